The summed E-state index contributed by atoms with van der Waals surface area (Å²) in [5.41, 5.74) is 10.0. The van der Waals surface area contributed by atoms with E-state index in [-0.39, 0.29) is 42.5 Å². The molecule has 0 aromatic carbocycles. The van der Waals surface area contributed by atoms with Gasteiger partial charge < -0.3 is 45.1 Å². The van der Waals surface area contributed by atoms with Crippen LogP contribution in [0.3, 0.4) is 0 Å². The number of rotatable bonds is 8. The van der Waals surface area contributed by atoms with Gasteiger partial charge in [-0.05, 0) is 11.8 Å². The molecule has 5 rings (SSSR count). The fourth-order valence-corrected chi connectivity index (χ4v) is 5.73. The van der Waals surface area contributed by atoms with Gasteiger partial charge in [0.25, 0.3) is 5.56 Å². The van der Waals surface area contributed by atoms with Crippen LogP contribution in [-0.4, -0.2) is 86.8 Å². The maximum absolute atomic E-state index is 12.1. The average molecular weight is 573 g/mol. The topological polar surface area (TPSA) is 261 Å². The van der Waals surface area contributed by atoms with Crippen LogP contribution >= 0.6 is 6.72 Å². The highest BCUT2D eigenvalue weighted by Gasteiger charge is 2.42. The molecule has 2 saturated heterocycles. The molecule has 2 aliphatic rings. The Bertz CT molecular complexity index is 1500. The lowest BCUT2D eigenvalue weighted by atomic mass is 10.2. The average Bonchev–Trinajstić information content (AvgIpc) is 3.54. The van der Waals surface area contributed by atoms with Crippen molar-refractivity contribution in [2.24, 2.45) is 0 Å². The van der Waals surface area contributed by atoms with Gasteiger partial charge in [0, 0.05) is 12.8 Å². The van der Waals surface area contributed by atoms with E-state index in [2.05, 4.69) is 24.9 Å². The summed E-state index contributed by atoms with van der Waals surface area (Å²) in [7, 11) is 0. The molecule has 8 N–H and O–H groups in total. The minimum absolute atomic E-state index is 0.0291. The predicted octanol–water partition coefficient (Wildman–Crippen LogP) is -2.52. The normalized spacial score (nSPS) is 29.1. The van der Waals surface area contributed by atoms with Gasteiger partial charge >= 0.3 is 12.4 Å². The van der Waals surface area contributed by atoms with Crippen molar-refractivity contribution >= 4 is 41.6 Å². The van der Waals surface area contributed by atoms with Crippen molar-refractivity contribution < 1.29 is 33.6 Å². The maximum Gasteiger partial charge on any atom is 0.354 e. The van der Waals surface area contributed by atoms with Crippen LogP contribution in [-0.2, 0) is 30.3 Å². The van der Waals surface area contributed by atoms with E-state index in [1.54, 1.807) is 0 Å². The zero-order valence-corrected chi connectivity index (χ0v) is 21.1. The lowest BCUT2D eigenvalue weighted by Crippen LogP contribution is -2.30. The monoisotopic (exact) mass is 573 g/mol. The second kappa shape index (κ2) is 10.4. The number of nitrogens with two attached hydrogens (primary N) is 2. The van der Waals surface area contributed by atoms with E-state index in [9.17, 15) is 24.7 Å². The molecule has 7 atom stereocenters. The van der Waals surface area contributed by atoms with Crippen LogP contribution in [0.5, 0.6) is 0 Å². The number of aromatic nitrogens is 7. The van der Waals surface area contributed by atoms with E-state index in [4.69, 9.17) is 41.8 Å². The van der Waals surface area contributed by atoms with Gasteiger partial charge in [-0.2, -0.15) is 9.97 Å². The standard InChI is InChI=1S/C18H24N9O9PS/c19-16-22-6-27(18(31)25-16)11-1-7(29)10(35-11)4-33-37(32,38)36-8-2-12(34-9(8)3-28)26-5-21-13-14(26)23-17(20)24-15(13)30/h5-12,28-29H,1-4H2,(H,32,38)(H2,19,25,31)(H3,20,23,24,30). The van der Waals surface area contributed by atoms with Crippen molar-refractivity contribution in [3.63, 3.8) is 0 Å². The van der Waals surface area contributed by atoms with Crippen LogP contribution in [0.25, 0.3) is 11.2 Å². The second-order valence-corrected chi connectivity index (χ2v) is 11.4. The molecule has 0 bridgehead atoms. The molecule has 206 valence electrons. The smallest absolute Gasteiger partial charge is 0.354 e. The van der Waals surface area contributed by atoms with Gasteiger partial charge in [-0.25, -0.2) is 14.8 Å². The Morgan fingerprint density at radius 2 is 1.84 bits per heavy atom. The summed E-state index contributed by atoms with van der Waals surface area (Å²) in [6.45, 7) is -4.74. The highest BCUT2D eigenvalue weighted by Crippen LogP contribution is 2.49. The number of imidazole rings is 1. The second-order valence-electron chi connectivity index (χ2n) is 8.57. The first-order valence-electron chi connectivity index (χ1n) is 11.2. The largest absolute Gasteiger partial charge is 0.394 e. The number of aromatic amines is 1. The predicted molar refractivity (Wildman–Crippen MR) is 131 cm³/mol. The van der Waals surface area contributed by atoms with Gasteiger partial charge in [0.1, 0.15) is 31.0 Å². The molecule has 0 amide bonds. The number of nitrogens with one attached hydrogen (secondary N) is 1. The minimum atomic E-state index is -3.92. The Balaban J connectivity index is 1.23. The van der Waals surface area contributed by atoms with Crippen LogP contribution in [0.15, 0.2) is 22.2 Å². The summed E-state index contributed by atoms with van der Waals surface area (Å²) in [5, 5.41) is 20.2. The third kappa shape index (κ3) is 5.33. The fraction of sp³-hybridized carbons (Fsp3) is 0.556. The number of hydrogen-bond donors (Lipinski definition) is 6. The molecule has 3 aromatic rings. The first-order chi connectivity index (χ1) is 18.0. The van der Waals surface area contributed by atoms with Crippen LogP contribution in [0, 0.1) is 0 Å². The van der Waals surface area contributed by atoms with E-state index in [1.807, 2.05) is 0 Å². The molecule has 3 aromatic heterocycles. The van der Waals surface area contributed by atoms with E-state index in [1.165, 1.54) is 10.9 Å². The van der Waals surface area contributed by atoms with Gasteiger partial charge in [-0.1, -0.05) is 0 Å². The Kier molecular flexibility index (Phi) is 7.29. The van der Waals surface area contributed by atoms with E-state index in [0.29, 0.717) is 0 Å². The molecular formula is C18H24N9O9PS. The lowest BCUT2D eigenvalue weighted by molar-refractivity contribution is -0.0522. The molecule has 0 radical (unpaired) electrons. The first kappa shape index (κ1) is 26.7. The number of nitrogens with zero attached hydrogens (tertiary/aromatic N) is 6. The number of aliphatic hydroxyl groups is 2. The molecule has 0 spiro atoms. The van der Waals surface area contributed by atoms with Gasteiger partial charge in [0.15, 0.2) is 11.2 Å². The van der Waals surface area contributed by atoms with Crippen LogP contribution in [0.1, 0.15) is 25.3 Å². The number of nitrogen functional groups attached to an aromatic ring is 2. The molecule has 2 fully saturated rings. The van der Waals surface area contributed by atoms with Crippen molar-refractivity contribution in [1.29, 1.82) is 0 Å². The molecule has 20 heteroatoms. The van der Waals surface area contributed by atoms with Gasteiger partial charge in [0.05, 0.1) is 31.7 Å². The summed E-state index contributed by atoms with van der Waals surface area (Å²) in [6, 6.07) is 0. The number of hydrogen-bond acceptors (Lipinski definition) is 15. The third-order valence-corrected chi connectivity index (χ3v) is 7.64. The number of aliphatic hydroxyl groups excluding tert-OH is 2. The SMILES string of the molecule is Nc1ncn(C2CC(O)C(COP(O)(=S)OC3CC(n4cnc5c(=O)[nH]c(N)nc54)OC3CO)O2)c(=O)n1. The van der Waals surface area contributed by atoms with Crippen LogP contribution in [0.2, 0.25) is 0 Å². The Morgan fingerprint density at radius 3 is 2.58 bits per heavy atom. The molecule has 7 unspecified atom stereocenters. The number of fused-ring (bicyclic) bond motifs is 1. The highest BCUT2D eigenvalue weighted by molar-refractivity contribution is 8.07. The van der Waals surface area contributed by atoms with E-state index in [0.717, 1.165) is 10.9 Å². The molecule has 0 aliphatic carbocycles. The van der Waals surface area contributed by atoms with Crippen molar-refractivity contribution in [2.45, 2.75) is 49.7 Å². The molecule has 0 saturated carbocycles. The highest BCUT2D eigenvalue weighted by atomic mass is 32.5. The molecule has 18 nitrogen and oxygen atoms in total. The van der Waals surface area contributed by atoms with E-state index >= 15 is 0 Å². The quantitative estimate of drug-likeness (QED) is 0.152. The Morgan fingerprint density at radius 1 is 1.13 bits per heavy atom. The summed E-state index contributed by atoms with van der Waals surface area (Å²) >= 11 is 5.13. The minimum Gasteiger partial charge on any atom is -0.394 e. The van der Waals surface area contributed by atoms with Crippen LogP contribution in [0.4, 0.5) is 11.9 Å². The maximum atomic E-state index is 12.1. The molecular weight excluding hydrogens is 549 g/mol. The number of H-pyrrole nitrogens is 1. The summed E-state index contributed by atoms with van der Waals surface area (Å²) in [5.74, 6) is -0.308. The number of anilines is 2. The summed E-state index contributed by atoms with van der Waals surface area (Å²) in [6.07, 6.45) is -2.84. The first-order valence-corrected chi connectivity index (χ1v) is 13.8. The van der Waals surface area contributed by atoms with Gasteiger partial charge in [0.2, 0.25) is 11.9 Å². The summed E-state index contributed by atoms with van der Waals surface area (Å²) < 4.78 is 25.1. The van der Waals surface area contributed by atoms with Gasteiger partial charge in [-0.15, -0.1) is 0 Å². The molecule has 38 heavy (non-hydrogen) atoms. The van der Waals surface area contributed by atoms with Gasteiger partial charge in [-0.3, -0.25) is 18.9 Å². The van der Waals surface area contributed by atoms with Crippen molar-refractivity contribution in [3.8, 4) is 0 Å². The fourth-order valence-electron chi connectivity index (χ4n) is 4.26. The van der Waals surface area contributed by atoms with Crippen molar-refractivity contribution in [2.75, 3.05) is 24.7 Å². The number of ether oxygens (including phenoxy) is 2. The van der Waals surface area contributed by atoms with Crippen molar-refractivity contribution in [1.82, 2.24) is 34.1 Å². The summed E-state index contributed by atoms with van der Waals surface area (Å²) in [4.78, 5) is 52.5. The lowest BCUT2D eigenvalue weighted by Gasteiger charge is -2.24. The molecule has 5 heterocycles. The Labute approximate surface area is 217 Å². The third-order valence-electron chi connectivity index (χ3n) is 6.05. The zero-order chi connectivity index (χ0) is 27.2. The Hall–Kier alpha value is -2.87. The van der Waals surface area contributed by atoms with E-state index < -0.39 is 61.4 Å². The molecule has 2 aliphatic heterocycles. The zero-order valence-electron chi connectivity index (χ0n) is 19.4. The van der Waals surface area contributed by atoms with Crippen molar-refractivity contribution in [3.05, 3.63) is 33.5 Å². The van der Waals surface area contributed by atoms with Crippen LogP contribution < -0.4 is 22.7 Å².